The van der Waals surface area contributed by atoms with Crippen molar-refractivity contribution in [1.29, 1.82) is 0 Å². The number of alkyl carbamates (subject to hydrolysis) is 1. The summed E-state index contributed by atoms with van der Waals surface area (Å²) < 4.78 is 45.8. The highest BCUT2D eigenvalue weighted by molar-refractivity contribution is 6.03. The van der Waals surface area contributed by atoms with Crippen LogP contribution in [-0.4, -0.2) is 91.3 Å². The number of ether oxygens (including phenoxy) is 2. The molecule has 0 bridgehead atoms. The molecule has 1 aromatic carbocycles. The molecule has 0 unspecified atom stereocenters. The second-order valence-corrected chi connectivity index (χ2v) is 17.2. The van der Waals surface area contributed by atoms with Gasteiger partial charge in [-0.05, 0) is 74.8 Å². The monoisotopic (exact) mass is 847 g/mol. The van der Waals surface area contributed by atoms with Gasteiger partial charge in [0.25, 0.3) is 12.3 Å². The van der Waals surface area contributed by atoms with Crippen molar-refractivity contribution in [2.75, 3.05) is 23.7 Å². The Balaban J connectivity index is 1.10. The van der Waals surface area contributed by atoms with Crippen LogP contribution in [-0.2, 0) is 30.4 Å². The molecule has 3 atom stereocenters. The number of esters is 1. The topological polar surface area (TPSA) is 212 Å². The van der Waals surface area contributed by atoms with Gasteiger partial charge in [0.15, 0.2) is 11.4 Å². The standard InChI is InChI=1S/C42H51F2N9O8/c1-23(54)60-28-17-31(52(20-28)39(57)34(41(2,3)4)50-40(58)61-42(5,6)7)37(56)47-19-25-10-12-27(13-11-25)53-21-29(33(51-53)35(43)44)48-36(55)30-22-59-38(49-30)26-14-15-45-32(16-26)46-18-24-8-9-24/h10-16,21-22,24,28,31,34-35H,8-9,17-20H2,1-7H3,(H,45,46)(H,47,56)(H,48,55)(H,50,58)/t28-,31-,34+/m0/s1. The number of aromatic nitrogens is 4. The molecule has 326 valence electrons. The van der Waals surface area contributed by atoms with Crippen LogP contribution in [0.3, 0.4) is 0 Å². The van der Waals surface area contributed by atoms with E-state index in [1.54, 1.807) is 84.1 Å². The van der Waals surface area contributed by atoms with E-state index in [1.807, 2.05) is 0 Å². The zero-order valence-electron chi connectivity index (χ0n) is 35.1. The number of carbonyl (C=O) groups is 5. The molecule has 4 N–H and O–H groups in total. The maximum Gasteiger partial charge on any atom is 0.408 e. The Morgan fingerprint density at radius 3 is 2.38 bits per heavy atom. The van der Waals surface area contributed by atoms with Gasteiger partial charge in [-0.1, -0.05) is 32.9 Å². The minimum absolute atomic E-state index is 0.0227. The Hall–Kier alpha value is -6.40. The Kier molecular flexibility index (Phi) is 13.1. The Labute approximate surface area is 351 Å². The largest absolute Gasteiger partial charge is 0.461 e. The van der Waals surface area contributed by atoms with Gasteiger partial charge in [0, 0.05) is 38.2 Å². The first-order chi connectivity index (χ1) is 28.7. The number of amides is 4. The molecule has 1 saturated carbocycles. The first-order valence-electron chi connectivity index (χ1n) is 19.9. The summed E-state index contributed by atoms with van der Waals surface area (Å²) >= 11 is 0. The van der Waals surface area contributed by atoms with Crippen LogP contribution in [0.25, 0.3) is 17.1 Å². The van der Waals surface area contributed by atoms with E-state index in [9.17, 15) is 32.8 Å². The molecule has 1 saturated heterocycles. The molecular formula is C42H51F2N9O8. The van der Waals surface area contributed by atoms with Gasteiger partial charge in [-0.3, -0.25) is 19.2 Å². The molecule has 17 nitrogen and oxygen atoms in total. The summed E-state index contributed by atoms with van der Waals surface area (Å²) in [6.07, 6.45) is 1.81. The fraction of sp³-hybridized carbons (Fsp3) is 0.476. The molecule has 1 aliphatic heterocycles. The summed E-state index contributed by atoms with van der Waals surface area (Å²) in [5.41, 5.74) is -1.03. The van der Waals surface area contributed by atoms with Crippen LogP contribution >= 0.6 is 0 Å². The fourth-order valence-corrected chi connectivity index (χ4v) is 6.63. The van der Waals surface area contributed by atoms with Crippen LogP contribution in [0.2, 0.25) is 0 Å². The third kappa shape index (κ3) is 11.7. The number of benzene rings is 1. The third-order valence-corrected chi connectivity index (χ3v) is 9.83. The van der Waals surface area contributed by atoms with Crippen LogP contribution in [0.4, 0.5) is 25.1 Å². The minimum atomic E-state index is -3.02. The number of likely N-dealkylation sites (tertiary alicyclic amines) is 1. The van der Waals surface area contributed by atoms with Crippen molar-refractivity contribution in [2.45, 2.75) is 104 Å². The molecule has 4 aromatic rings. The van der Waals surface area contributed by atoms with Gasteiger partial charge in [0.1, 0.15) is 35.9 Å². The van der Waals surface area contributed by atoms with Crippen molar-refractivity contribution >= 4 is 41.3 Å². The summed E-state index contributed by atoms with van der Waals surface area (Å²) in [4.78, 5) is 75.3. The van der Waals surface area contributed by atoms with Crippen LogP contribution in [0, 0.1) is 11.3 Å². The van der Waals surface area contributed by atoms with E-state index in [0.29, 0.717) is 28.6 Å². The van der Waals surface area contributed by atoms with Crippen molar-refractivity contribution < 1.29 is 46.6 Å². The Morgan fingerprint density at radius 2 is 1.74 bits per heavy atom. The van der Waals surface area contributed by atoms with Crippen molar-refractivity contribution in [3.05, 3.63) is 72.0 Å². The average Bonchev–Trinajstić information content (AvgIpc) is 3.51. The molecule has 19 heteroatoms. The third-order valence-electron chi connectivity index (χ3n) is 9.83. The number of pyridine rings is 1. The van der Waals surface area contributed by atoms with Gasteiger partial charge >= 0.3 is 12.1 Å². The average molecular weight is 848 g/mol. The maximum atomic E-state index is 14.2. The molecule has 4 amide bonds. The molecule has 2 aliphatic rings. The summed E-state index contributed by atoms with van der Waals surface area (Å²) in [6, 6.07) is 7.82. The number of nitrogens with one attached hydrogen (secondary N) is 4. The van der Waals surface area contributed by atoms with E-state index in [-0.39, 0.29) is 36.8 Å². The van der Waals surface area contributed by atoms with Crippen LogP contribution in [0.1, 0.15) is 95.9 Å². The summed E-state index contributed by atoms with van der Waals surface area (Å²) in [5, 5.41) is 15.2. The molecular weight excluding hydrogens is 797 g/mol. The number of alkyl halides is 2. The molecule has 0 radical (unpaired) electrons. The molecule has 0 spiro atoms. The van der Waals surface area contributed by atoms with Crippen molar-refractivity contribution in [2.24, 2.45) is 11.3 Å². The summed E-state index contributed by atoms with van der Waals surface area (Å²) in [6.45, 7) is 12.4. The second-order valence-electron chi connectivity index (χ2n) is 17.2. The number of nitrogens with zero attached hydrogens (tertiary/aromatic N) is 5. The Bertz CT molecular complexity index is 2240. The number of carbonyl (C=O) groups excluding carboxylic acids is 5. The lowest BCUT2D eigenvalue weighted by Gasteiger charge is -2.35. The van der Waals surface area contributed by atoms with Gasteiger partial charge in [0.2, 0.25) is 17.7 Å². The second kappa shape index (κ2) is 18.1. The summed E-state index contributed by atoms with van der Waals surface area (Å²) in [5.74, 6) is -0.976. The van der Waals surface area contributed by atoms with Gasteiger partial charge in [-0.25, -0.2) is 28.2 Å². The first kappa shape index (κ1) is 44.2. The fourth-order valence-electron chi connectivity index (χ4n) is 6.63. The van der Waals surface area contributed by atoms with Gasteiger partial charge in [-0.15, -0.1) is 0 Å². The molecule has 1 aliphatic carbocycles. The van der Waals surface area contributed by atoms with Crippen molar-refractivity contribution in [1.82, 2.24) is 35.3 Å². The smallest absolute Gasteiger partial charge is 0.408 e. The van der Waals surface area contributed by atoms with Gasteiger partial charge < -0.3 is 40.1 Å². The van der Waals surface area contributed by atoms with E-state index in [0.717, 1.165) is 12.8 Å². The van der Waals surface area contributed by atoms with Crippen LogP contribution in [0.5, 0.6) is 0 Å². The predicted octanol–water partition coefficient (Wildman–Crippen LogP) is 6.02. The van der Waals surface area contributed by atoms with Gasteiger partial charge in [-0.2, -0.15) is 5.10 Å². The highest BCUT2D eigenvalue weighted by Crippen LogP contribution is 2.31. The van der Waals surface area contributed by atoms with E-state index < -0.39 is 71.1 Å². The number of hydrogen-bond acceptors (Lipinski definition) is 12. The van der Waals surface area contributed by atoms with E-state index >= 15 is 0 Å². The number of rotatable bonds is 14. The molecule has 3 aromatic heterocycles. The van der Waals surface area contributed by atoms with Crippen LogP contribution in [0.15, 0.2) is 59.5 Å². The molecule has 2 fully saturated rings. The van der Waals surface area contributed by atoms with Gasteiger partial charge in [0.05, 0.1) is 24.1 Å². The lowest BCUT2D eigenvalue weighted by molar-refractivity contribution is -0.147. The minimum Gasteiger partial charge on any atom is -0.461 e. The molecule has 4 heterocycles. The highest BCUT2D eigenvalue weighted by Gasteiger charge is 2.46. The molecule has 6 rings (SSSR count). The number of hydrogen-bond donors (Lipinski definition) is 4. The summed E-state index contributed by atoms with van der Waals surface area (Å²) in [7, 11) is 0. The predicted molar refractivity (Wildman–Crippen MR) is 218 cm³/mol. The number of anilines is 2. The van der Waals surface area contributed by atoms with E-state index in [2.05, 4.69) is 36.3 Å². The lowest BCUT2D eigenvalue weighted by atomic mass is 9.85. The van der Waals surface area contributed by atoms with Crippen molar-refractivity contribution in [3.8, 4) is 17.1 Å². The van der Waals surface area contributed by atoms with Crippen LogP contribution < -0.4 is 21.3 Å². The first-order valence-corrected chi connectivity index (χ1v) is 19.9. The van der Waals surface area contributed by atoms with Crippen molar-refractivity contribution in [3.63, 3.8) is 0 Å². The molecule has 61 heavy (non-hydrogen) atoms. The van der Waals surface area contributed by atoms with E-state index in [1.165, 1.54) is 35.5 Å². The SMILES string of the molecule is CC(=O)O[C@H]1C[C@@H](C(=O)NCc2ccc(-n3cc(NC(=O)c4coc(-c5ccnc(NCC6CC6)c5)n4)c(C(F)F)n3)cc2)N(C(=O)[C@@H](NC(=O)OC(C)(C)C)C(C)(C)C)C1. The normalized spacial score (nSPS) is 17.1. The zero-order chi connectivity index (χ0) is 44.2. The Morgan fingerprint density at radius 1 is 1.02 bits per heavy atom. The lowest BCUT2D eigenvalue weighted by Crippen LogP contribution is -2.58. The number of halogens is 2. The zero-order valence-corrected chi connectivity index (χ0v) is 35.1. The highest BCUT2D eigenvalue weighted by atomic mass is 19.3. The quantitative estimate of drug-likeness (QED) is 0.107. The number of oxazole rings is 1. The van der Waals surface area contributed by atoms with E-state index in [4.69, 9.17) is 13.9 Å². The maximum absolute atomic E-state index is 14.2.